The van der Waals surface area contributed by atoms with Crippen molar-refractivity contribution >= 4 is 5.97 Å². The zero-order chi connectivity index (χ0) is 12.5. The van der Waals surface area contributed by atoms with Gasteiger partial charge in [-0.25, -0.2) is 4.79 Å². The molecular weight excluding hydrogens is 220 g/mol. The molecule has 0 aliphatic rings. The van der Waals surface area contributed by atoms with E-state index < -0.39 is 5.97 Å². The molecule has 96 valence electrons. The highest BCUT2D eigenvalue weighted by Gasteiger charge is 2.12. The molecule has 0 atom stereocenters. The second kappa shape index (κ2) is 7.81. The topological polar surface area (TPSA) is 76.2 Å². The Morgan fingerprint density at radius 1 is 1.12 bits per heavy atom. The fourth-order valence-corrected chi connectivity index (χ4v) is 1.67. The number of carboxylic acids is 1. The summed E-state index contributed by atoms with van der Waals surface area (Å²) in [6.07, 6.45) is 9.17. The molecule has 0 fully saturated rings. The molecule has 17 heavy (non-hydrogen) atoms. The Labute approximate surface area is 101 Å². The molecule has 1 aromatic rings. The van der Waals surface area contributed by atoms with Crippen LogP contribution in [0.3, 0.4) is 0 Å². The number of unbranched alkanes of at least 4 members (excludes halogenated alkanes) is 6. The monoisotopic (exact) mass is 240 g/mol. The van der Waals surface area contributed by atoms with Crippen LogP contribution in [0.5, 0.6) is 0 Å². The minimum absolute atomic E-state index is 0.317. The molecule has 0 unspecified atom stereocenters. The summed E-state index contributed by atoms with van der Waals surface area (Å²) in [7, 11) is 0. The van der Waals surface area contributed by atoms with Gasteiger partial charge < -0.3 is 9.52 Å². The lowest BCUT2D eigenvalue weighted by Crippen LogP contribution is -1.95. The Balaban J connectivity index is 2.07. The molecule has 0 amide bonds. The van der Waals surface area contributed by atoms with Crippen LogP contribution in [0.4, 0.5) is 0 Å². The zero-order valence-electron chi connectivity index (χ0n) is 10.3. The fourth-order valence-electron chi connectivity index (χ4n) is 1.67. The Bertz CT molecular complexity index is 336. The predicted molar refractivity (Wildman–Crippen MR) is 63.0 cm³/mol. The van der Waals surface area contributed by atoms with Crippen molar-refractivity contribution in [2.24, 2.45) is 0 Å². The van der Waals surface area contributed by atoms with Crippen LogP contribution in [0.2, 0.25) is 0 Å². The maximum Gasteiger partial charge on any atom is 0.393 e. The van der Waals surface area contributed by atoms with E-state index in [1.165, 1.54) is 32.1 Å². The Morgan fingerprint density at radius 2 is 1.76 bits per heavy atom. The predicted octanol–water partition coefficient (Wildman–Crippen LogP) is 3.06. The number of hydrogen-bond donors (Lipinski definition) is 1. The first-order chi connectivity index (χ1) is 8.24. The van der Waals surface area contributed by atoms with Gasteiger partial charge in [-0.2, -0.15) is 0 Å². The Kier molecular flexibility index (Phi) is 6.29. The van der Waals surface area contributed by atoms with Gasteiger partial charge in [0.15, 0.2) is 0 Å². The van der Waals surface area contributed by atoms with E-state index in [0.29, 0.717) is 12.3 Å². The van der Waals surface area contributed by atoms with Crippen molar-refractivity contribution in [2.45, 2.75) is 58.3 Å². The molecule has 0 spiro atoms. The fraction of sp³-hybridized carbons (Fsp3) is 0.750. The van der Waals surface area contributed by atoms with Gasteiger partial charge >= 0.3 is 11.9 Å². The molecule has 5 heteroatoms. The summed E-state index contributed by atoms with van der Waals surface area (Å²) in [6, 6.07) is 0. The average molecular weight is 240 g/mol. The van der Waals surface area contributed by atoms with Crippen LogP contribution in [0.15, 0.2) is 4.42 Å². The molecule has 0 saturated carbocycles. The smallest absolute Gasteiger partial charge is 0.393 e. The van der Waals surface area contributed by atoms with Crippen molar-refractivity contribution < 1.29 is 14.3 Å². The number of aromatic carboxylic acids is 1. The number of aromatic nitrogens is 2. The van der Waals surface area contributed by atoms with Gasteiger partial charge in [-0.3, -0.25) is 0 Å². The molecule has 0 aromatic carbocycles. The SMILES string of the molecule is CCCCCCCCCc1nnc(C(=O)O)o1. The second-order valence-electron chi connectivity index (χ2n) is 4.18. The molecule has 0 saturated heterocycles. The van der Waals surface area contributed by atoms with Crippen LogP contribution in [0.1, 0.15) is 68.4 Å². The van der Waals surface area contributed by atoms with E-state index in [1.807, 2.05) is 0 Å². The van der Waals surface area contributed by atoms with E-state index in [9.17, 15) is 4.79 Å². The molecule has 1 N–H and O–H groups in total. The third-order valence-corrected chi connectivity index (χ3v) is 2.64. The van der Waals surface area contributed by atoms with E-state index in [0.717, 1.165) is 12.8 Å². The minimum Gasteiger partial charge on any atom is -0.474 e. The molecular formula is C12H20N2O3. The summed E-state index contributed by atoms with van der Waals surface area (Å²) >= 11 is 0. The van der Waals surface area contributed by atoms with Gasteiger partial charge in [0.2, 0.25) is 5.89 Å². The van der Waals surface area contributed by atoms with Crippen molar-refractivity contribution in [1.29, 1.82) is 0 Å². The van der Waals surface area contributed by atoms with E-state index in [4.69, 9.17) is 9.52 Å². The van der Waals surface area contributed by atoms with Crippen molar-refractivity contribution in [3.05, 3.63) is 11.8 Å². The van der Waals surface area contributed by atoms with Crippen LogP contribution in [0, 0.1) is 0 Å². The molecule has 0 radical (unpaired) electrons. The summed E-state index contributed by atoms with van der Waals surface area (Å²) in [4.78, 5) is 10.5. The Morgan fingerprint density at radius 3 is 2.35 bits per heavy atom. The van der Waals surface area contributed by atoms with Crippen molar-refractivity contribution in [3.63, 3.8) is 0 Å². The Hall–Kier alpha value is -1.39. The summed E-state index contributed by atoms with van der Waals surface area (Å²) < 4.78 is 4.97. The van der Waals surface area contributed by atoms with E-state index >= 15 is 0 Å². The van der Waals surface area contributed by atoms with Gasteiger partial charge in [-0.15, -0.1) is 10.2 Å². The van der Waals surface area contributed by atoms with E-state index in [-0.39, 0.29) is 5.89 Å². The number of carbonyl (C=O) groups is 1. The van der Waals surface area contributed by atoms with Crippen LogP contribution in [-0.2, 0) is 6.42 Å². The third-order valence-electron chi connectivity index (χ3n) is 2.64. The van der Waals surface area contributed by atoms with Gasteiger partial charge in [0.05, 0.1) is 0 Å². The molecule has 5 nitrogen and oxygen atoms in total. The van der Waals surface area contributed by atoms with Gasteiger partial charge in [-0.1, -0.05) is 45.4 Å². The molecule has 1 heterocycles. The van der Waals surface area contributed by atoms with Gasteiger partial charge in [0.1, 0.15) is 0 Å². The first-order valence-corrected chi connectivity index (χ1v) is 6.29. The summed E-state index contributed by atoms with van der Waals surface area (Å²) in [5, 5.41) is 15.7. The highest BCUT2D eigenvalue weighted by atomic mass is 16.4. The second-order valence-corrected chi connectivity index (χ2v) is 4.18. The minimum atomic E-state index is -1.16. The van der Waals surface area contributed by atoms with Crippen molar-refractivity contribution in [3.8, 4) is 0 Å². The summed E-state index contributed by atoms with van der Waals surface area (Å²) in [5.74, 6) is -1.05. The lowest BCUT2D eigenvalue weighted by molar-refractivity contribution is 0.0651. The highest BCUT2D eigenvalue weighted by Crippen LogP contribution is 2.10. The molecule has 1 aromatic heterocycles. The van der Waals surface area contributed by atoms with Crippen LogP contribution in [0.25, 0.3) is 0 Å². The molecule has 0 aliphatic carbocycles. The third kappa shape index (κ3) is 5.47. The van der Waals surface area contributed by atoms with Crippen molar-refractivity contribution in [2.75, 3.05) is 0 Å². The number of rotatable bonds is 9. The highest BCUT2D eigenvalue weighted by molar-refractivity contribution is 5.81. The van der Waals surface area contributed by atoms with Gasteiger partial charge in [0.25, 0.3) is 0 Å². The molecule has 0 aliphatic heterocycles. The van der Waals surface area contributed by atoms with Gasteiger partial charge in [-0.05, 0) is 6.42 Å². The quantitative estimate of drug-likeness (QED) is 0.671. The van der Waals surface area contributed by atoms with Crippen LogP contribution in [-0.4, -0.2) is 21.3 Å². The van der Waals surface area contributed by atoms with Crippen molar-refractivity contribution in [1.82, 2.24) is 10.2 Å². The maximum atomic E-state index is 10.5. The molecule has 0 bridgehead atoms. The summed E-state index contributed by atoms with van der Waals surface area (Å²) in [5.41, 5.74) is 0. The van der Waals surface area contributed by atoms with E-state index in [2.05, 4.69) is 17.1 Å². The standard InChI is InChI=1S/C12H20N2O3/c1-2-3-4-5-6-7-8-9-10-13-14-11(17-10)12(15)16/h2-9H2,1H3,(H,15,16). The number of carboxylic acid groups (broad SMARTS) is 1. The van der Waals surface area contributed by atoms with Crippen LogP contribution >= 0.6 is 0 Å². The molecule has 1 rings (SSSR count). The van der Waals surface area contributed by atoms with E-state index in [1.54, 1.807) is 0 Å². The number of hydrogen-bond acceptors (Lipinski definition) is 4. The number of aryl methyl sites for hydroxylation is 1. The lowest BCUT2D eigenvalue weighted by Gasteiger charge is -1.98. The maximum absolute atomic E-state index is 10.5. The average Bonchev–Trinajstić information content (AvgIpc) is 2.77. The lowest BCUT2D eigenvalue weighted by atomic mass is 10.1. The first-order valence-electron chi connectivity index (χ1n) is 6.29. The van der Waals surface area contributed by atoms with Gasteiger partial charge in [0, 0.05) is 6.42 Å². The number of nitrogens with zero attached hydrogens (tertiary/aromatic N) is 2. The zero-order valence-corrected chi connectivity index (χ0v) is 10.3. The normalized spacial score (nSPS) is 10.6. The summed E-state index contributed by atoms with van der Waals surface area (Å²) in [6.45, 7) is 2.20. The van der Waals surface area contributed by atoms with Crippen LogP contribution < -0.4 is 0 Å². The first kappa shape index (κ1) is 13.7. The largest absolute Gasteiger partial charge is 0.474 e.